The van der Waals surface area contributed by atoms with Crippen molar-refractivity contribution >= 4 is 11.3 Å². The number of aryl methyl sites for hydroxylation is 1. The van der Waals surface area contributed by atoms with Crippen molar-refractivity contribution in [2.75, 3.05) is 0 Å². The molecular weight excluding hydrogens is 194 g/mol. The van der Waals surface area contributed by atoms with Crippen LogP contribution >= 0.6 is 11.3 Å². The Labute approximate surface area is 87.2 Å². The molecule has 0 amide bonds. The highest BCUT2D eigenvalue weighted by Crippen LogP contribution is 2.26. The van der Waals surface area contributed by atoms with Gasteiger partial charge in [-0.05, 0) is 31.0 Å². The number of benzene rings is 1. The Bertz CT molecular complexity index is 423. The van der Waals surface area contributed by atoms with Crippen LogP contribution in [-0.4, -0.2) is 4.98 Å². The fourth-order valence-corrected chi connectivity index (χ4v) is 1.57. The lowest BCUT2D eigenvalue weighted by Crippen LogP contribution is -1.89. The summed E-state index contributed by atoms with van der Waals surface area (Å²) in [4.78, 5) is 3.95. The van der Waals surface area contributed by atoms with Gasteiger partial charge in [-0.2, -0.15) is 4.98 Å². The summed E-state index contributed by atoms with van der Waals surface area (Å²) >= 11 is 1.41. The van der Waals surface area contributed by atoms with Gasteiger partial charge in [0.15, 0.2) is 5.51 Å². The molecule has 0 aliphatic carbocycles. The van der Waals surface area contributed by atoms with E-state index in [2.05, 4.69) is 23.5 Å². The van der Waals surface area contributed by atoms with Gasteiger partial charge >= 0.3 is 0 Å². The molecule has 1 aromatic carbocycles. The van der Waals surface area contributed by atoms with E-state index in [-0.39, 0.29) is 0 Å². The third-order valence-electron chi connectivity index (χ3n) is 2.14. The van der Waals surface area contributed by atoms with E-state index >= 15 is 0 Å². The van der Waals surface area contributed by atoms with E-state index in [0.717, 1.165) is 11.3 Å². The van der Waals surface area contributed by atoms with Gasteiger partial charge in [-0.15, -0.1) is 11.3 Å². The molecule has 0 aliphatic rings. The standard InChI is InChI=1S/C11H10NOS/c1-8-4-3-5-10(9(8)2)13-11-6-14-7-12-11/h3-6H,1-2H3. The minimum atomic E-state index is 0.615. The molecule has 0 aliphatic heterocycles. The number of thiazole rings is 1. The summed E-state index contributed by atoms with van der Waals surface area (Å²) in [5.41, 5.74) is 5.13. The third-order valence-corrected chi connectivity index (χ3v) is 2.65. The molecule has 0 unspecified atom stereocenters. The SMILES string of the molecule is Cc1cccc(Oc2cs[c]n2)c1C. The molecule has 1 aromatic heterocycles. The average molecular weight is 204 g/mol. The van der Waals surface area contributed by atoms with E-state index in [1.54, 1.807) is 0 Å². The van der Waals surface area contributed by atoms with Gasteiger partial charge in [0.1, 0.15) is 5.75 Å². The van der Waals surface area contributed by atoms with Crippen LogP contribution in [0.1, 0.15) is 11.1 Å². The van der Waals surface area contributed by atoms with Crippen LogP contribution in [0.15, 0.2) is 23.6 Å². The summed E-state index contributed by atoms with van der Waals surface area (Å²) in [6.07, 6.45) is 0. The molecule has 2 rings (SSSR count). The van der Waals surface area contributed by atoms with Crippen LogP contribution in [-0.2, 0) is 0 Å². The van der Waals surface area contributed by atoms with Crippen molar-refractivity contribution < 1.29 is 4.74 Å². The second-order valence-electron chi connectivity index (χ2n) is 3.08. The van der Waals surface area contributed by atoms with Crippen molar-refractivity contribution in [1.82, 2.24) is 4.98 Å². The molecule has 2 nitrogen and oxygen atoms in total. The second-order valence-corrected chi connectivity index (χ2v) is 3.73. The molecule has 2 aromatic rings. The topological polar surface area (TPSA) is 22.1 Å². The monoisotopic (exact) mass is 204 g/mol. The predicted molar refractivity (Wildman–Crippen MR) is 56.9 cm³/mol. The quantitative estimate of drug-likeness (QED) is 0.748. The molecule has 3 heteroatoms. The highest BCUT2D eigenvalue weighted by molar-refractivity contribution is 7.07. The second kappa shape index (κ2) is 3.80. The summed E-state index contributed by atoms with van der Waals surface area (Å²) in [7, 11) is 0. The predicted octanol–water partition coefficient (Wildman–Crippen LogP) is 3.35. The molecule has 0 fully saturated rings. The minimum Gasteiger partial charge on any atom is -0.438 e. The van der Waals surface area contributed by atoms with Crippen molar-refractivity contribution in [3.8, 4) is 11.6 Å². The maximum Gasteiger partial charge on any atom is 0.230 e. The van der Waals surface area contributed by atoms with E-state index in [9.17, 15) is 0 Å². The zero-order valence-electron chi connectivity index (χ0n) is 8.07. The van der Waals surface area contributed by atoms with Gasteiger partial charge in [0.2, 0.25) is 5.88 Å². The van der Waals surface area contributed by atoms with Crippen LogP contribution in [0.5, 0.6) is 11.6 Å². The molecule has 71 valence electrons. The van der Waals surface area contributed by atoms with Crippen molar-refractivity contribution in [3.63, 3.8) is 0 Å². The summed E-state index contributed by atoms with van der Waals surface area (Å²) in [6, 6.07) is 5.99. The number of hydrogen-bond donors (Lipinski definition) is 0. The Morgan fingerprint density at radius 1 is 1.36 bits per heavy atom. The highest BCUT2D eigenvalue weighted by Gasteiger charge is 2.03. The smallest absolute Gasteiger partial charge is 0.230 e. The van der Waals surface area contributed by atoms with Crippen molar-refractivity contribution in [2.45, 2.75) is 13.8 Å². The van der Waals surface area contributed by atoms with Gasteiger partial charge < -0.3 is 4.74 Å². The van der Waals surface area contributed by atoms with E-state index in [0.29, 0.717) is 5.88 Å². The minimum absolute atomic E-state index is 0.615. The third kappa shape index (κ3) is 1.77. The summed E-state index contributed by atoms with van der Waals surface area (Å²) in [5.74, 6) is 1.48. The molecule has 0 saturated heterocycles. The Morgan fingerprint density at radius 3 is 2.93 bits per heavy atom. The first-order valence-corrected chi connectivity index (χ1v) is 5.21. The van der Waals surface area contributed by atoms with Gasteiger partial charge in [0.05, 0.1) is 5.38 Å². The largest absolute Gasteiger partial charge is 0.438 e. The normalized spacial score (nSPS) is 10.1. The molecule has 1 radical (unpaired) electrons. The molecule has 1 heterocycles. The van der Waals surface area contributed by atoms with Gasteiger partial charge in [-0.1, -0.05) is 12.1 Å². The van der Waals surface area contributed by atoms with E-state index < -0.39 is 0 Å². The van der Waals surface area contributed by atoms with E-state index in [1.807, 2.05) is 24.4 Å². The zero-order chi connectivity index (χ0) is 9.97. The first kappa shape index (κ1) is 9.21. The van der Waals surface area contributed by atoms with Crippen LogP contribution in [0, 0.1) is 19.4 Å². The summed E-state index contributed by atoms with van der Waals surface area (Å²) < 4.78 is 5.60. The van der Waals surface area contributed by atoms with Gasteiger partial charge in [0, 0.05) is 0 Å². The molecule has 0 bridgehead atoms. The van der Waals surface area contributed by atoms with Crippen LogP contribution in [0.2, 0.25) is 0 Å². The number of hydrogen-bond acceptors (Lipinski definition) is 3. The average Bonchev–Trinajstić information content (AvgIpc) is 2.66. The lowest BCUT2D eigenvalue weighted by Gasteiger charge is -2.07. The summed E-state index contributed by atoms with van der Waals surface area (Å²) in [5, 5.41) is 1.84. The Balaban J connectivity index is 2.29. The number of nitrogens with zero attached hydrogens (tertiary/aromatic N) is 1. The Kier molecular flexibility index (Phi) is 2.50. The zero-order valence-corrected chi connectivity index (χ0v) is 8.89. The number of aromatic nitrogens is 1. The van der Waals surface area contributed by atoms with Crippen molar-refractivity contribution in [3.05, 3.63) is 40.2 Å². The van der Waals surface area contributed by atoms with Crippen LogP contribution in [0.3, 0.4) is 0 Å². The Hall–Kier alpha value is -1.35. The molecule has 0 saturated carbocycles. The maximum absolute atomic E-state index is 5.60. The summed E-state index contributed by atoms with van der Waals surface area (Å²) in [6.45, 7) is 4.11. The lowest BCUT2D eigenvalue weighted by molar-refractivity contribution is 0.462. The van der Waals surface area contributed by atoms with Crippen LogP contribution < -0.4 is 4.74 Å². The highest BCUT2D eigenvalue weighted by atomic mass is 32.1. The molecule has 0 atom stereocenters. The lowest BCUT2D eigenvalue weighted by atomic mass is 10.1. The molecule has 0 N–H and O–H groups in total. The van der Waals surface area contributed by atoms with E-state index in [1.165, 1.54) is 16.9 Å². The first-order valence-electron chi connectivity index (χ1n) is 4.33. The van der Waals surface area contributed by atoms with Crippen molar-refractivity contribution in [2.24, 2.45) is 0 Å². The van der Waals surface area contributed by atoms with Gasteiger partial charge in [-0.3, -0.25) is 0 Å². The number of rotatable bonds is 2. The maximum atomic E-state index is 5.60. The molecule has 0 spiro atoms. The van der Waals surface area contributed by atoms with E-state index in [4.69, 9.17) is 4.74 Å². The fourth-order valence-electron chi connectivity index (χ4n) is 1.17. The van der Waals surface area contributed by atoms with Gasteiger partial charge in [-0.25, -0.2) is 0 Å². The van der Waals surface area contributed by atoms with Gasteiger partial charge in [0.25, 0.3) is 0 Å². The van der Waals surface area contributed by atoms with Crippen LogP contribution in [0.25, 0.3) is 0 Å². The molecular formula is C11H10NOS. The first-order chi connectivity index (χ1) is 6.77. The Morgan fingerprint density at radius 2 is 2.21 bits per heavy atom. The molecule has 14 heavy (non-hydrogen) atoms. The van der Waals surface area contributed by atoms with Crippen LogP contribution in [0.4, 0.5) is 0 Å². The number of ether oxygens (including phenoxy) is 1. The van der Waals surface area contributed by atoms with Crippen molar-refractivity contribution in [1.29, 1.82) is 0 Å². The fraction of sp³-hybridized carbons (Fsp3) is 0.182.